The fraction of sp³-hybridized carbons (Fsp3) is 0.360. The van der Waals surface area contributed by atoms with Crippen molar-refractivity contribution in [3.63, 3.8) is 0 Å². The fourth-order valence-corrected chi connectivity index (χ4v) is 4.74. The number of fused-ring (bicyclic) bond motifs is 5. The first-order valence-corrected chi connectivity index (χ1v) is 10.9. The third-order valence-corrected chi connectivity index (χ3v) is 6.48. The van der Waals surface area contributed by atoms with E-state index in [1.54, 1.807) is 56.2 Å². The second-order valence-corrected chi connectivity index (χ2v) is 8.13. The largest absolute Gasteiger partial charge is 0.497 e. The lowest BCUT2D eigenvalue weighted by atomic mass is 10.0. The molecule has 0 atom stereocenters. The van der Waals surface area contributed by atoms with Gasteiger partial charge in [0.05, 0.1) is 45.6 Å². The van der Waals surface area contributed by atoms with Gasteiger partial charge in [-0.3, -0.25) is 14.5 Å². The highest BCUT2D eigenvalue weighted by molar-refractivity contribution is 6.27. The van der Waals surface area contributed by atoms with Gasteiger partial charge in [0, 0.05) is 48.8 Å². The van der Waals surface area contributed by atoms with Gasteiger partial charge in [0.2, 0.25) is 0 Å². The van der Waals surface area contributed by atoms with Crippen molar-refractivity contribution < 1.29 is 23.7 Å². The Hall–Kier alpha value is -3.36. The molecule has 0 amide bonds. The molecule has 172 valence electrons. The summed E-state index contributed by atoms with van der Waals surface area (Å²) in [6.07, 6.45) is 0. The van der Waals surface area contributed by atoms with Gasteiger partial charge in [0.1, 0.15) is 5.75 Å². The molecule has 33 heavy (non-hydrogen) atoms. The number of hydrogen-bond acceptors (Lipinski definition) is 7. The monoisotopic (exact) mass is 450 g/mol. The minimum absolute atomic E-state index is 0.185. The van der Waals surface area contributed by atoms with Crippen LogP contribution in [0.3, 0.4) is 0 Å². The number of rotatable bonds is 6. The van der Waals surface area contributed by atoms with Crippen molar-refractivity contribution in [2.24, 2.45) is 0 Å². The third kappa shape index (κ3) is 3.46. The van der Waals surface area contributed by atoms with Crippen LogP contribution in [0.1, 0.15) is 15.9 Å². The molecule has 8 nitrogen and oxygen atoms in total. The van der Waals surface area contributed by atoms with Crippen LogP contribution in [-0.4, -0.2) is 69.4 Å². The molecule has 2 heterocycles. The van der Waals surface area contributed by atoms with E-state index < -0.39 is 0 Å². The van der Waals surface area contributed by atoms with Crippen molar-refractivity contribution in [2.75, 3.05) is 54.2 Å². The average molecular weight is 450 g/mol. The lowest BCUT2D eigenvalue weighted by Crippen LogP contribution is -2.39. The van der Waals surface area contributed by atoms with E-state index in [-0.39, 0.29) is 11.3 Å². The number of nitrogens with zero attached hydrogens (tertiary/aromatic N) is 2. The molecule has 1 aliphatic heterocycles. The zero-order chi connectivity index (χ0) is 23.1. The maximum atomic E-state index is 13.8. The number of morpholine rings is 1. The Morgan fingerprint density at radius 3 is 2.27 bits per heavy atom. The minimum atomic E-state index is -0.187. The molecular weight excluding hydrogens is 424 g/mol. The van der Waals surface area contributed by atoms with Crippen molar-refractivity contribution in [1.29, 1.82) is 0 Å². The smallest absolute Gasteiger partial charge is 0.259 e. The van der Waals surface area contributed by atoms with E-state index in [1.807, 2.05) is 0 Å². The van der Waals surface area contributed by atoms with Gasteiger partial charge in [-0.05, 0) is 29.8 Å². The summed E-state index contributed by atoms with van der Waals surface area (Å²) in [6, 6.07) is 8.84. The summed E-state index contributed by atoms with van der Waals surface area (Å²) in [5, 5.41) is 0.671. The Balaban J connectivity index is 1.74. The van der Waals surface area contributed by atoms with Gasteiger partial charge in [0.15, 0.2) is 17.3 Å². The van der Waals surface area contributed by atoms with Crippen LogP contribution >= 0.6 is 0 Å². The fourth-order valence-electron chi connectivity index (χ4n) is 4.74. The molecule has 0 saturated carbocycles. The molecule has 1 fully saturated rings. The van der Waals surface area contributed by atoms with Crippen molar-refractivity contribution in [2.45, 2.75) is 6.54 Å². The second-order valence-electron chi connectivity index (χ2n) is 8.13. The number of carbonyl (C=O) groups is 1. The zero-order valence-corrected chi connectivity index (χ0v) is 19.0. The maximum absolute atomic E-state index is 13.8. The number of pyridine rings is 1. The Bertz CT molecular complexity index is 1310. The number of methoxy groups -OCH3 is 3. The first-order valence-electron chi connectivity index (χ1n) is 10.9. The Morgan fingerprint density at radius 1 is 0.848 bits per heavy atom. The van der Waals surface area contributed by atoms with E-state index in [0.717, 1.165) is 13.1 Å². The predicted octanol–water partition coefficient (Wildman–Crippen LogP) is 2.57. The molecular formula is C25H26N2O6. The molecule has 0 bridgehead atoms. The number of ketones is 1. The summed E-state index contributed by atoms with van der Waals surface area (Å²) in [6.45, 7) is 4.22. The van der Waals surface area contributed by atoms with Crippen molar-refractivity contribution in [1.82, 2.24) is 9.47 Å². The van der Waals surface area contributed by atoms with Gasteiger partial charge in [-0.25, -0.2) is 0 Å². The van der Waals surface area contributed by atoms with E-state index in [1.165, 1.54) is 0 Å². The summed E-state index contributed by atoms with van der Waals surface area (Å²) in [5.41, 5.74) is 2.41. The maximum Gasteiger partial charge on any atom is 0.259 e. The average Bonchev–Trinajstić information content (AvgIpc) is 3.15. The van der Waals surface area contributed by atoms with Crippen LogP contribution in [0.15, 0.2) is 35.1 Å². The van der Waals surface area contributed by atoms with Crippen LogP contribution in [0.2, 0.25) is 0 Å². The summed E-state index contributed by atoms with van der Waals surface area (Å²) in [4.78, 5) is 29.6. The molecule has 0 spiro atoms. The molecule has 1 aromatic heterocycles. The Labute approximate surface area is 191 Å². The lowest BCUT2D eigenvalue weighted by molar-refractivity contribution is 0.0364. The predicted molar refractivity (Wildman–Crippen MR) is 124 cm³/mol. The van der Waals surface area contributed by atoms with E-state index >= 15 is 0 Å². The molecule has 0 radical (unpaired) electrons. The topological polar surface area (TPSA) is 79.2 Å². The zero-order valence-electron chi connectivity index (χ0n) is 19.0. The van der Waals surface area contributed by atoms with E-state index in [2.05, 4.69) is 4.90 Å². The highest BCUT2D eigenvalue weighted by Gasteiger charge is 2.34. The lowest BCUT2D eigenvalue weighted by Gasteiger charge is -2.27. The molecule has 2 aliphatic rings. The molecule has 8 heteroatoms. The van der Waals surface area contributed by atoms with Gasteiger partial charge >= 0.3 is 0 Å². The van der Waals surface area contributed by atoms with Gasteiger partial charge in [0.25, 0.3) is 5.56 Å². The second kappa shape index (κ2) is 8.53. The molecule has 2 aromatic carbocycles. The minimum Gasteiger partial charge on any atom is -0.497 e. The standard InChI is InChI=1S/C25H26N2O6/c1-30-15-4-5-16-17(12-15)24(28)22-18-13-20(31-2)21(32-3)14-19(18)27(25(29)23(16)22)7-6-26-8-10-33-11-9-26/h4-5,12-14H,6-11H2,1-3H3. The van der Waals surface area contributed by atoms with Gasteiger partial charge in [-0.15, -0.1) is 0 Å². The first-order chi connectivity index (χ1) is 16.1. The quantitative estimate of drug-likeness (QED) is 0.447. The number of ether oxygens (including phenoxy) is 4. The molecule has 3 aromatic rings. The van der Waals surface area contributed by atoms with Crippen LogP contribution in [0.4, 0.5) is 0 Å². The molecule has 5 rings (SSSR count). The van der Waals surface area contributed by atoms with Crippen LogP contribution in [0.5, 0.6) is 17.2 Å². The van der Waals surface area contributed by atoms with E-state index in [4.69, 9.17) is 18.9 Å². The van der Waals surface area contributed by atoms with E-state index in [9.17, 15) is 9.59 Å². The highest BCUT2D eigenvalue weighted by atomic mass is 16.5. The molecule has 0 N–H and O–H groups in total. The highest BCUT2D eigenvalue weighted by Crippen LogP contribution is 2.42. The summed E-state index contributed by atoms with van der Waals surface area (Å²) < 4.78 is 23.5. The van der Waals surface area contributed by atoms with Crippen LogP contribution < -0.4 is 19.8 Å². The number of carbonyl (C=O) groups excluding carboxylic acids is 1. The van der Waals surface area contributed by atoms with Crippen molar-refractivity contribution in [3.8, 4) is 28.4 Å². The van der Waals surface area contributed by atoms with Crippen LogP contribution in [0, 0.1) is 0 Å². The Kier molecular flexibility index (Phi) is 5.55. The van der Waals surface area contributed by atoms with Crippen LogP contribution in [-0.2, 0) is 11.3 Å². The summed E-state index contributed by atoms with van der Waals surface area (Å²) in [5.74, 6) is 1.40. The number of benzene rings is 2. The first kappa shape index (κ1) is 21.5. The van der Waals surface area contributed by atoms with Gasteiger partial charge < -0.3 is 23.5 Å². The normalized spacial score (nSPS) is 15.4. The van der Waals surface area contributed by atoms with Crippen molar-refractivity contribution >= 4 is 16.7 Å². The molecule has 1 aliphatic carbocycles. The molecule has 1 saturated heterocycles. The van der Waals surface area contributed by atoms with Gasteiger partial charge in [-0.2, -0.15) is 0 Å². The molecule has 0 unspecified atom stereocenters. The van der Waals surface area contributed by atoms with Crippen LogP contribution in [0.25, 0.3) is 22.0 Å². The summed E-state index contributed by atoms with van der Waals surface area (Å²) >= 11 is 0. The van der Waals surface area contributed by atoms with E-state index in [0.29, 0.717) is 76.7 Å². The third-order valence-electron chi connectivity index (χ3n) is 6.48. The number of hydrogen-bond donors (Lipinski definition) is 0. The van der Waals surface area contributed by atoms with Gasteiger partial charge in [-0.1, -0.05) is 0 Å². The van der Waals surface area contributed by atoms with Crippen molar-refractivity contribution in [3.05, 3.63) is 51.8 Å². The summed E-state index contributed by atoms with van der Waals surface area (Å²) in [7, 11) is 4.67. The Morgan fingerprint density at radius 2 is 1.58 bits per heavy atom. The number of aromatic nitrogens is 1. The SMILES string of the molecule is COc1ccc2c(c1)C(=O)c1c-2c(=O)n(CCN2CCOCC2)c2cc(OC)c(OC)cc12.